The molecule has 0 amide bonds. The number of rotatable bonds is 2. The van der Waals surface area contributed by atoms with Gasteiger partial charge in [-0.1, -0.05) is 24.6 Å². The van der Waals surface area contributed by atoms with Gasteiger partial charge in [-0.2, -0.15) is 0 Å². The maximum absolute atomic E-state index is 6.26. The molecule has 1 aliphatic rings. The topological polar surface area (TPSA) is 38.9 Å². The molecule has 1 saturated carbocycles. The standard InChI is InChI=1S/C14H16N2/c15-14(11-3-1-4-11)12-7-6-10-5-2-8-16-13(10)9-12/h2,5-9,11,14H,1,3-4,15H2. The van der Waals surface area contributed by atoms with Crippen LogP contribution in [0.2, 0.25) is 0 Å². The summed E-state index contributed by atoms with van der Waals surface area (Å²) >= 11 is 0. The second kappa shape index (κ2) is 3.87. The molecule has 0 radical (unpaired) electrons. The summed E-state index contributed by atoms with van der Waals surface area (Å²) in [6, 6.07) is 10.6. The second-order valence-electron chi connectivity index (χ2n) is 4.67. The minimum Gasteiger partial charge on any atom is -0.324 e. The fourth-order valence-corrected chi connectivity index (χ4v) is 2.36. The van der Waals surface area contributed by atoms with Crippen LogP contribution in [0.5, 0.6) is 0 Å². The molecule has 1 aromatic heterocycles. The predicted octanol–water partition coefficient (Wildman–Crippen LogP) is 3.03. The van der Waals surface area contributed by atoms with Crippen LogP contribution in [-0.2, 0) is 0 Å². The molecule has 1 fully saturated rings. The summed E-state index contributed by atoms with van der Waals surface area (Å²) in [5.41, 5.74) is 8.55. The number of nitrogens with two attached hydrogens (primary N) is 1. The van der Waals surface area contributed by atoms with Gasteiger partial charge in [0.2, 0.25) is 0 Å². The zero-order chi connectivity index (χ0) is 11.0. The molecule has 16 heavy (non-hydrogen) atoms. The summed E-state index contributed by atoms with van der Waals surface area (Å²) in [5, 5.41) is 1.19. The number of aromatic nitrogens is 1. The van der Waals surface area contributed by atoms with Gasteiger partial charge in [0.1, 0.15) is 0 Å². The smallest absolute Gasteiger partial charge is 0.0705 e. The second-order valence-corrected chi connectivity index (χ2v) is 4.67. The van der Waals surface area contributed by atoms with Crippen molar-refractivity contribution in [3.05, 3.63) is 42.1 Å². The van der Waals surface area contributed by atoms with Gasteiger partial charge in [-0.05, 0) is 36.5 Å². The third kappa shape index (κ3) is 1.59. The van der Waals surface area contributed by atoms with Gasteiger partial charge in [0.25, 0.3) is 0 Å². The van der Waals surface area contributed by atoms with E-state index in [0.29, 0.717) is 5.92 Å². The summed E-state index contributed by atoms with van der Waals surface area (Å²) in [4.78, 5) is 4.37. The first-order valence-corrected chi connectivity index (χ1v) is 5.95. The van der Waals surface area contributed by atoms with Crippen LogP contribution in [0.1, 0.15) is 30.9 Å². The molecule has 2 aromatic rings. The molecule has 2 N–H and O–H groups in total. The Balaban J connectivity index is 1.97. The Kier molecular flexibility index (Phi) is 2.37. The molecule has 0 aliphatic heterocycles. The molecule has 0 bridgehead atoms. The summed E-state index contributed by atoms with van der Waals surface area (Å²) < 4.78 is 0. The van der Waals surface area contributed by atoms with Crippen molar-refractivity contribution in [3.63, 3.8) is 0 Å². The highest BCUT2D eigenvalue weighted by atomic mass is 14.7. The molecule has 1 unspecified atom stereocenters. The summed E-state index contributed by atoms with van der Waals surface area (Å²) in [7, 11) is 0. The van der Waals surface area contributed by atoms with Crippen LogP contribution in [-0.4, -0.2) is 4.98 Å². The molecular formula is C14H16N2. The van der Waals surface area contributed by atoms with Gasteiger partial charge in [0.15, 0.2) is 0 Å². The number of hydrogen-bond donors (Lipinski definition) is 1. The third-order valence-corrected chi connectivity index (χ3v) is 3.67. The lowest BCUT2D eigenvalue weighted by atomic mass is 9.77. The summed E-state index contributed by atoms with van der Waals surface area (Å²) in [6.45, 7) is 0. The molecule has 2 nitrogen and oxygen atoms in total. The molecule has 1 atom stereocenters. The number of hydrogen-bond acceptors (Lipinski definition) is 2. The van der Waals surface area contributed by atoms with Crippen molar-refractivity contribution in [3.8, 4) is 0 Å². The van der Waals surface area contributed by atoms with E-state index in [0.717, 1.165) is 5.52 Å². The first kappa shape index (κ1) is 9.79. The fourth-order valence-electron chi connectivity index (χ4n) is 2.36. The number of benzene rings is 1. The van der Waals surface area contributed by atoms with Crippen molar-refractivity contribution in [1.82, 2.24) is 4.98 Å². The van der Waals surface area contributed by atoms with E-state index in [4.69, 9.17) is 5.73 Å². The van der Waals surface area contributed by atoms with Crippen LogP contribution in [0.25, 0.3) is 10.9 Å². The normalized spacial score (nSPS) is 18.3. The van der Waals surface area contributed by atoms with Crippen molar-refractivity contribution in [1.29, 1.82) is 0 Å². The summed E-state index contributed by atoms with van der Waals surface area (Å²) in [6.07, 6.45) is 5.73. The Morgan fingerprint density at radius 2 is 2.12 bits per heavy atom. The van der Waals surface area contributed by atoms with Gasteiger partial charge in [-0.15, -0.1) is 0 Å². The van der Waals surface area contributed by atoms with Crippen molar-refractivity contribution < 1.29 is 0 Å². The predicted molar refractivity (Wildman–Crippen MR) is 66.0 cm³/mol. The third-order valence-electron chi connectivity index (χ3n) is 3.67. The lowest BCUT2D eigenvalue weighted by Gasteiger charge is -2.31. The van der Waals surface area contributed by atoms with Gasteiger partial charge < -0.3 is 5.73 Å². The van der Waals surface area contributed by atoms with Crippen LogP contribution in [0.4, 0.5) is 0 Å². The average molecular weight is 212 g/mol. The van der Waals surface area contributed by atoms with Crippen molar-refractivity contribution in [2.45, 2.75) is 25.3 Å². The monoisotopic (exact) mass is 212 g/mol. The number of pyridine rings is 1. The van der Waals surface area contributed by atoms with E-state index in [-0.39, 0.29) is 6.04 Å². The maximum atomic E-state index is 6.26. The highest BCUT2D eigenvalue weighted by Crippen LogP contribution is 2.36. The first-order chi connectivity index (χ1) is 7.84. The SMILES string of the molecule is NC(c1ccc2cccnc2c1)C1CCC1. The van der Waals surface area contributed by atoms with Crippen molar-refractivity contribution in [2.75, 3.05) is 0 Å². The van der Waals surface area contributed by atoms with E-state index in [1.54, 1.807) is 0 Å². The van der Waals surface area contributed by atoms with E-state index < -0.39 is 0 Å². The van der Waals surface area contributed by atoms with Crippen LogP contribution < -0.4 is 5.73 Å². The minimum absolute atomic E-state index is 0.195. The molecule has 3 rings (SSSR count). The molecular weight excluding hydrogens is 196 g/mol. The number of fused-ring (bicyclic) bond motifs is 1. The van der Waals surface area contributed by atoms with E-state index >= 15 is 0 Å². The van der Waals surface area contributed by atoms with Gasteiger partial charge in [-0.3, -0.25) is 4.98 Å². The first-order valence-electron chi connectivity index (χ1n) is 5.95. The highest BCUT2D eigenvalue weighted by Gasteiger charge is 2.25. The Hall–Kier alpha value is -1.41. The molecule has 1 aliphatic carbocycles. The molecule has 1 aromatic carbocycles. The largest absolute Gasteiger partial charge is 0.324 e. The van der Waals surface area contributed by atoms with E-state index in [1.807, 2.05) is 12.3 Å². The van der Waals surface area contributed by atoms with Crippen molar-refractivity contribution >= 4 is 10.9 Å². The lowest BCUT2D eigenvalue weighted by molar-refractivity contribution is 0.264. The van der Waals surface area contributed by atoms with E-state index in [2.05, 4.69) is 29.2 Å². The molecule has 0 spiro atoms. The van der Waals surface area contributed by atoms with E-state index in [1.165, 1.54) is 30.2 Å². The average Bonchev–Trinajstić information content (AvgIpc) is 2.26. The Labute approximate surface area is 95.5 Å². The summed E-state index contributed by atoms with van der Waals surface area (Å²) in [5.74, 6) is 0.682. The zero-order valence-corrected chi connectivity index (χ0v) is 9.26. The quantitative estimate of drug-likeness (QED) is 0.831. The van der Waals surface area contributed by atoms with Crippen LogP contribution in [0, 0.1) is 5.92 Å². The Bertz CT molecular complexity index is 503. The minimum atomic E-state index is 0.195. The maximum Gasteiger partial charge on any atom is 0.0705 e. The lowest BCUT2D eigenvalue weighted by Crippen LogP contribution is -2.26. The highest BCUT2D eigenvalue weighted by molar-refractivity contribution is 5.78. The molecule has 1 heterocycles. The van der Waals surface area contributed by atoms with Crippen LogP contribution in [0.3, 0.4) is 0 Å². The molecule has 0 saturated heterocycles. The van der Waals surface area contributed by atoms with Gasteiger partial charge in [0, 0.05) is 17.6 Å². The number of nitrogens with zero attached hydrogens (tertiary/aromatic N) is 1. The van der Waals surface area contributed by atoms with Gasteiger partial charge >= 0.3 is 0 Å². The fraction of sp³-hybridized carbons (Fsp3) is 0.357. The molecule has 2 heteroatoms. The van der Waals surface area contributed by atoms with Crippen LogP contribution in [0.15, 0.2) is 36.5 Å². The van der Waals surface area contributed by atoms with Crippen molar-refractivity contribution in [2.24, 2.45) is 11.7 Å². The van der Waals surface area contributed by atoms with Crippen LogP contribution >= 0.6 is 0 Å². The zero-order valence-electron chi connectivity index (χ0n) is 9.26. The molecule has 82 valence electrons. The van der Waals surface area contributed by atoms with Gasteiger partial charge in [-0.25, -0.2) is 0 Å². The Morgan fingerprint density at radius 3 is 2.88 bits per heavy atom. The van der Waals surface area contributed by atoms with Gasteiger partial charge in [0.05, 0.1) is 5.52 Å². The Morgan fingerprint density at radius 1 is 1.25 bits per heavy atom. The van der Waals surface area contributed by atoms with E-state index in [9.17, 15) is 0 Å².